The molecule has 0 saturated carbocycles. The van der Waals surface area contributed by atoms with Crippen LogP contribution in [0.3, 0.4) is 0 Å². The van der Waals surface area contributed by atoms with Gasteiger partial charge in [0.25, 0.3) is 0 Å². The zero-order valence-corrected chi connectivity index (χ0v) is 16.9. The second-order valence-corrected chi connectivity index (χ2v) is 7.07. The fourth-order valence-corrected chi connectivity index (χ4v) is 3.99. The summed E-state index contributed by atoms with van der Waals surface area (Å²) in [7, 11) is 0. The molecule has 0 saturated heterocycles. The monoisotopic (exact) mass is 409 g/mol. The molecule has 4 aromatic rings. The summed E-state index contributed by atoms with van der Waals surface area (Å²) in [6.45, 7) is 4.98. The fraction of sp³-hybridized carbons (Fsp3) is 0.182. The first-order chi connectivity index (χ1) is 14.2. The van der Waals surface area contributed by atoms with Crippen molar-refractivity contribution in [3.8, 4) is 22.6 Å². The second kappa shape index (κ2) is 8.45. The van der Waals surface area contributed by atoms with Crippen LogP contribution in [0.1, 0.15) is 13.8 Å². The van der Waals surface area contributed by atoms with Gasteiger partial charge >= 0.3 is 0 Å². The maximum absolute atomic E-state index is 13.3. The Morgan fingerprint density at radius 1 is 0.966 bits per heavy atom. The van der Waals surface area contributed by atoms with Gasteiger partial charge in [0.15, 0.2) is 11.5 Å². The Morgan fingerprint density at radius 2 is 1.72 bits per heavy atom. The minimum atomic E-state index is -0.263. The molecule has 4 rings (SSSR count). The van der Waals surface area contributed by atoms with Crippen molar-refractivity contribution in [2.45, 2.75) is 13.8 Å². The summed E-state index contributed by atoms with van der Waals surface area (Å²) in [5.41, 5.74) is 2.70. The molecule has 0 bridgehead atoms. The Kier molecular flexibility index (Phi) is 5.57. The molecule has 0 spiro atoms. The van der Waals surface area contributed by atoms with Crippen LogP contribution < -0.4 is 14.8 Å². The van der Waals surface area contributed by atoms with Gasteiger partial charge in [0.05, 0.1) is 18.6 Å². The number of aromatic nitrogens is 2. The van der Waals surface area contributed by atoms with Gasteiger partial charge in [-0.15, -0.1) is 11.3 Å². The number of halogens is 1. The lowest BCUT2D eigenvalue weighted by atomic mass is 10.1. The van der Waals surface area contributed by atoms with Crippen molar-refractivity contribution in [2.75, 3.05) is 18.5 Å². The molecule has 0 aliphatic rings. The number of nitrogens with zero attached hydrogens (tertiary/aromatic N) is 2. The molecule has 0 radical (unpaired) electrons. The number of hydrogen-bond donors (Lipinski definition) is 1. The number of ether oxygens (including phenoxy) is 2. The number of benzene rings is 2. The van der Waals surface area contributed by atoms with Crippen LogP contribution in [-0.2, 0) is 0 Å². The summed E-state index contributed by atoms with van der Waals surface area (Å²) in [4.78, 5) is 9.69. The predicted molar refractivity (Wildman–Crippen MR) is 115 cm³/mol. The maximum atomic E-state index is 13.3. The summed E-state index contributed by atoms with van der Waals surface area (Å²) in [6.07, 6.45) is 1.54. The highest BCUT2D eigenvalue weighted by atomic mass is 32.1. The third kappa shape index (κ3) is 4.00. The number of rotatable bonds is 7. The van der Waals surface area contributed by atoms with Gasteiger partial charge < -0.3 is 14.8 Å². The molecule has 2 aromatic heterocycles. The third-order valence-electron chi connectivity index (χ3n) is 4.33. The first-order valence-corrected chi connectivity index (χ1v) is 10.2. The molecular formula is C22H20FN3O2S. The van der Waals surface area contributed by atoms with E-state index in [4.69, 9.17) is 9.47 Å². The normalized spacial score (nSPS) is 10.9. The Morgan fingerprint density at radius 3 is 2.48 bits per heavy atom. The molecule has 0 amide bonds. The Bertz CT molecular complexity index is 1130. The number of nitrogens with one attached hydrogen (secondary N) is 1. The summed E-state index contributed by atoms with van der Waals surface area (Å²) in [5, 5.41) is 6.28. The molecule has 0 aliphatic carbocycles. The highest BCUT2D eigenvalue weighted by Gasteiger charge is 2.14. The van der Waals surface area contributed by atoms with Crippen molar-refractivity contribution in [3.05, 3.63) is 60.0 Å². The lowest BCUT2D eigenvalue weighted by Gasteiger charge is -2.14. The van der Waals surface area contributed by atoms with Crippen LogP contribution in [0.2, 0.25) is 0 Å². The van der Waals surface area contributed by atoms with Gasteiger partial charge in [-0.1, -0.05) is 12.1 Å². The molecule has 0 atom stereocenters. The smallest absolute Gasteiger partial charge is 0.163 e. The minimum absolute atomic E-state index is 0.263. The molecule has 0 fully saturated rings. The van der Waals surface area contributed by atoms with E-state index in [1.165, 1.54) is 29.8 Å². The molecule has 0 unspecified atom stereocenters. The topological polar surface area (TPSA) is 56.3 Å². The summed E-state index contributed by atoms with van der Waals surface area (Å²) >= 11 is 1.53. The zero-order chi connectivity index (χ0) is 20.2. The molecule has 2 aromatic carbocycles. The zero-order valence-electron chi connectivity index (χ0n) is 16.1. The van der Waals surface area contributed by atoms with Crippen molar-refractivity contribution in [1.29, 1.82) is 0 Å². The molecule has 5 nitrogen and oxygen atoms in total. The highest BCUT2D eigenvalue weighted by molar-refractivity contribution is 7.17. The molecule has 0 aliphatic heterocycles. The predicted octanol–water partition coefficient (Wildman–Crippen LogP) is 6.04. The molecule has 1 N–H and O–H groups in total. The molecular weight excluding hydrogens is 389 g/mol. The van der Waals surface area contributed by atoms with Crippen molar-refractivity contribution in [3.63, 3.8) is 0 Å². The largest absolute Gasteiger partial charge is 0.490 e. The van der Waals surface area contributed by atoms with Crippen LogP contribution in [-0.4, -0.2) is 23.2 Å². The average molecular weight is 409 g/mol. The van der Waals surface area contributed by atoms with E-state index in [9.17, 15) is 4.39 Å². The van der Waals surface area contributed by atoms with Crippen molar-refractivity contribution >= 4 is 33.1 Å². The molecule has 29 heavy (non-hydrogen) atoms. The van der Waals surface area contributed by atoms with E-state index in [1.807, 2.05) is 37.4 Å². The van der Waals surface area contributed by atoms with E-state index in [-0.39, 0.29) is 5.82 Å². The average Bonchev–Trinajstić information content (AvgIpc) is 3.16. The second-order valence-electron chi connectivity index (χ2n) is 6.21. The van der Waals surface area contributed by atoms with E-state index in [0.29, 0.717) is 30.5 Å². The first kappa shape index (κ1) is 19.1. The SMILES string of the molecule is CCOc1ccc(Nc2ncnc3scc(-c4ccc(F)cc4)c23)cc1OCC. The summed E-state index contributed by atoms with van der Waals surface area (Å²) < 4.78 is 24.7. The van der Waals surface area contributed by atoms with Crippen LogP contribution in [0, 0.1) is 5.82 Å². The van der Waals surface area contributed by atoms with E-state index in [1.54, 1.807) is 12.1 Å². The van der Waals surface area contributed by atoms with Gasteiger partial charge in [0, 0.05) is 22.7 Å². The minimum Gasteiger partial charge on any atom is -0.490 e. The Labute approximate surface area is 172 Å². The van der Waals surface area contributed by atoms with E-state index in [0.717, 1.165) is 27.0 Å². The maximum Gasteiger partial charge on any atom is 0.163 e. The Balaban J connectivity index is 1.74. The van der Waals surface area contributed by atoms with Crippen LogP contribution >= 0.6 is 11.3 Å². The van der Waals surface area contributed by atoms with Crippen molar-refractivity contribution in [1.82, 2.24) is 9.97 Å². The highest BCUT2D eigenvalue weighted by Crippen LogP contribution is 2.38. The van der Waals surface area contributed by atoms with Gasteiger partial charge in [0.2, 0.25) is 0 Å². The molecule has 148 valence electrons. The van der Waals surface area contributed by atoms with Crippen LogP contribution in [0.5, 0.6) is 11.5 Å². The number of thiophene rings is 1. The standard InChI is InChI=1S/C22H20FN3O2S/c1-3-27-18-10-9-16(11-19(18)28-4-2)26-21-20-17(12-29-22(20)25-13-24-21)14-5-7-15(23)8-6-14/h5-13H,3-4H2,1-2H3,(H,24,25,26). The molecule has 2 heterocycles. The first-order valence-electron chi connectivity index (χ1n) is 9.34. The van der Waals surface area contributed by atoms with Gasteiger partial charge in [0.1, 0.15) is 22.8 Å². The number of anilines is 2. The van der Waals surface area contributed by atoms with E-state index < -0.39 is 0 Å². The van der Waals surface area contributed by atoms with Crippen molar-refractivity contribution in [2.24, 2.45) is 0 Å². The molecule has 7 heteroatoms. The van der Waals surface area contributed by atoms with Crippen LogP contribution in [0.4, 0.5) is 15.9 Å². The summed E-state index contributed by atoms with van der Waals surface area (Å²) in [6, 6.07) is 12.1. The van der Waals surface area contributed by atoms with Gasteiger partial charge in [-0.05, 0) is 43.7 Å². The van der Waals surface area contributed by atoms with Gasteiger partial charge in [-0.25, -0.2) is 14.4 Å². The fourth-order valence-electron chi connectivity index (χ4n) is 3.08. The Hall–Kier alpha value is -3.19. The van der Waals surface area contributed by atoms with Crippen molar-refractivity contribution < 1.29 is 13.9 Å². The van der Waals surface area contributed by atoms with E-state index >= 15 is 0 Å². The van der Waals surface area contributed by atoms with Crippen LogP contribution in [0.25, 0.3) is 21.3 Å². The van der Waals surface area contributed by atoms with Gasteiger partial charge in [-0.3, -0.25) is 0 Å². The summed E-state index contributed by atoms with van der Waals surface area (Å²) in [5.74, 6) is 1.80. The van der Waals surface area contributed by atoms with E-state index in [2.05, 4.69) is 15.3 Å². The van der Waals surface area contributed by atoms with Gasteiger partial charge in [-0.2, -0.15) is 0 Å². The number of fused-ring (bicyclic) bond motifs is 1. The quantitative estimate of drug-likeness (QED) is 0.403. The lowest BCUT2D eigenvalue weighted by molar-refractivity contribution is 0.288. The van der Waals surface area contributed by atoms with Crippen LogP contribution in [0.15, 0.2) is 54.2 Å². The lowest BCUT2D eigenvalue weighted by Crippen LogP contribution is -2.00. The third-order valence-corrected chi connectivity index (χ3v) is 5.22. The number of hydrogen-bond acceptors (Lipinski definition) is 6.